The first-order chi connectivity index (χ1) is 7.58. The van der Waals surface area contributed by atoms with Gasteiger partial charge in [0.15, 0.2) is 5.78 Å². The molecule has 1 heterocycles. The molecule has 0 aliphatic heterocycles. The van der Waals surface area contributed by atoms with E-state index in [0.29, 0.717) is 13.1 Å². The molecule has 0 aliphatic carbocycles. The number of hydrogen-bond donors (Lipinski definition) is 1. The molecule has 1 rings (SSSR count). The van der Waals surface area contributed by atoms with Gasteiger partial charge in [-0.25, -0.2) is 0 Å². The highest BCUT2D eigenvalue weighted by Gasteiger charge is 2.14. The molecule has 3 nitrogen and oxygen atoms in total. The normalized spacial score (nSPS) is 11.1. The maximum absolute atomic E-state index is 12.0. The van der Waals surface area contributed by atoms with Gasteiger partial charge in [-0.05, 0) is 26.5 Å². The van der Waals surface area contributed by atoms with Crippen molar-refractivity contribution >= 4 is 17.1 Å². The van der Waals surface area contributed by atoms with Crippen LogP contribution in [-0.2, 0) is 0 Å². The van der Waals surface area contributed by atoms with Crippen molar-refractivity contribution in [3.05, 3.63) is 21.4 Å². The lowest BCUT2D eigenvalue weighted by atomic mass is 10.1. The maximum atomic E-state index is 12.0. The lowest BCUT2D eigenvalue weighted by molar-refractivity contribution is 0.0919. The number of carbonyl (C=O) groups excluding carboxylic acids is 1. The third kappa shape index (κ3) is 3.40. The third-order valence-corrected chi connectivity index (χ3v) is 3.54. The Morgan fingerprint density at radius 2 is 2.19 bits per heavy atom. The Morgan fingerprint density at radius 3 is 2.62 bits per heavy atom. The Bertz CT molecular complexity index is 360. The number of likely N-dealkylation sites (N-methyl/N-ethyl adjacent to an activating group) is 1. The molecule has 0 unspecified atom stereocenters. The molecule has 0 fully saturated rings. The van der Waals surface area contributed by atoms with Crippen LogP contribution in [0.4, 0.5) is 0 Å². The van der Waals surface area contributed by atoms with E-state index >= 15 is 0 Å². The molecule has 90 valence electrons. The zero-order valence-electron chi connectivity index (χ0n) is 10.1. The van der Waals surface area contributed by atoms with E-state index in [0.717, 1.165) is 17.0 Å². The van der Waals surface area contributed by atoms with Crippen molar-refractivity contribution in [3.8, 4) is 0 Å². The lowest BCUT2D eigenvalue weighted by Gasteiger charge is -2.17. The van der Waals surface area contributed by atoms with Gasteiger partial charge in [0.2, 0.25) is 0 Å². The molecule has 0 atom stereocenters. The average Bonchev–Trinajstić information content (AvgIpc) is 2.57. The molecule has 1 aromatic heterocycles. The van der Waals surface area contributed by atoms with Gasteiger partial charge in [-0.1, -0.05) is 6.92 Å². The second-order valence-corrected chi connectivity index (χ2v) is 5.30. The first kappa shape index (κ1) is 13.4. The molecule has 1 N–H and O–H groups in total. The number of carbonyl (C=O) groups is 1. The van der Waals surface area contributed by atoms with E-state index in [1.807, 2.05) is 31.7 Å². The van der Waals surface area contributed by atoms with E-state index in [1.165, 1.54) is 4.88 Å². The van der Waals surface area contributed by atoms with Crippen molar-refractivity contribution in [3.63, 3.8) is 0 Å². The van der Waals surface area contributed by atoms with Gasteiger partial charge >= 0.3 is 0 Å². The molecule has 4 heteroatoms. The standard InChI is InChI=1S/C12H19NO2S/c1-4-13(5-6-14)8-12(15)11-7-9(2)16-10(11)3/h7,14H,4-6,8H2,1-3H3. The Morgan fingerprint density at radius 1 is 1.50 bits per heavy atom. The molecule has 0 spiro atoms. The van der Waals surface area contributed by atoms with Crippen LogP contribution in [0, 0.1) is 13.8 Å². The summed E-state index contributed by atoms with van der Waals surface area (Å²) in [5.74, 6) is 0.150. The largest absolute Gasteiger partial charge is 0.395 e. The van der Waals surface area contributed by atoms with Crippen molar-refractivity contribution in [2.75, 3.05) is 26.2 Å². The van der Waals surface area contributed by atoms with E-state index < -0.39 is 0 Å². The van der Waals surface area contributed by atoms with Crippen LogP contribution >= 0.6 is 11.3 Å². The smallest absolute Gasteiger partial charge is 0.177 e. The van der Waals surface area contributed by atoms with Crippen molar-refractivity contribution in [2.24, 2.45) is 0 Å². The van der Waals surface area contributed by atoms with E-state index in [9.17, 15) is 4.79 Å². The zero-order chi connectivity index (χ0) is 12.1. The van der Waals surface area contributed by atoms with Crippen LogP contribution in [0.15, 0.2) is 6.07 Å². The number of aliphatic hydroxyl groups excluding tert-OH is 1. The van der Waals surface area contributed by atoms with Gasteiger partial charge < -0.3 is 5.11 Å². The number of hydrogen-bond acceptors (Lipinski definition) is 4. The Hall–Kier alpha value is -0.710. The SMILES string of the molecule is CCN(CCO)CC(=O)c1cc(C)sc1C. The topological polar surface area (TPSA) is 40.5 Å². The van der Waals surface area contributed by atoms with Crippen LogP contribution < -0.4 is 0 Å². The molecule has 0 radical (unpaired) electrons. The maximum Gasteiger partial charge on any atom is 0.177 e. The lowest BCUT2D eigenvalue weighted by Crippen LogP contribution is -2.32. The predicted molar refractivity (Wildman–Crippen MR) is 67.3 cm³/mol. The number of ketones is 1. The van der Waals surface area contributed by atoms with Gasteiger partial charge in [0.1, 0.15) is 0 Å². The molecular weight excluding hydrogens is 222 g/mol. The number of Topliss-reactive ketones (excluding diaryl/α,β-unsaturated/α-hetero) is 1. The summed E-state index contributed by atoms with van der Waals surface area (Å²) in [5.41, 5.74) is 0.832. The molecular formula is C12H19NO2S. The summed E-state index contributed by atoms with van der Waals surface area (Å²) in [4.78, 5) is 16.2. The molecule has 0 aromatic carbocycles. The zero-order valence-corrected chi connectivity index (χ0v) is 10.9. The number of aliphatic hydroxyl groups is 1. The van der Waals surface area contributed by atoms with E-state index in [4.69, 9.17) is 5.11 Å². The van der Waals surface area contributed by atoms with Gasteiger partial charge in [0.25, 0.3) is 0 Å². The Kier molecular flexibility index (Phi) is 5.12. The fraction of sp³-hybridized carbons (Fsp3) is 0.583. The van der Waals surface area contributed by atoms with Crippen LogP contribution in [0.2, 0.25) is 0 Å². The minimum absolute atomic E-state index is 0.1000. The van der Waals surface area contributed by atoms with Crippen LogP contribution in [0.25, 0.3) is 0 Å². The second-order valence-electron chi connectivity index (χ2n) is 3.84. The van der Waals surface area contributed by atoms with Crippen LogP contribution in [0.1, 0.15) is 27.0 Å². The van der Waals surface area contributed by atoms with Gasteiger partial charge in [-0.3, -0.25) is 9.69 Å². The first-order valence-corrected chi connectivity index (χ1v) is 6.33. The Balaban J connectivity index is 2.67. The number of aryl methyl sites for hydroxylation is 2. The number of nitrogens with zero attached hydrogens (tertiary/aromatic N) is 1. The molecule has 0 aliphatic rings. The summed E-state index contributed by atoms with van der Waals surface area (Å²) in [7, 11) is 0. The highest BCUT2D eigenvalue weighted by atomic mass is 32.1. The van der Waals surface area contributed by atoms with E-state index in [2.05, 4.69) is 0 Å². The molecule has 16 heavy (non-hydrogen) atoms. The van der Waals surface area contributed by atoms with Crippen LogP contribution in [-0.4, -0.2) is 42.0 Å². The highest BCUT2D eigenvalue weighted by Crippen LogP contribution is 2.21. The minimum atomic E-state index is 0.1000. The van der Waals surface area contributed by atoms with Crippen molar-refractivity contribution in [1.82, 2.24) is 4.90 Å². The molecule has 0 saturated carbocycles. The summed E-state index contributed by atoms with van der Waals surface area (Å²) in [6, 6.07) is 1.95. The summed E-state index contributed by atoms with van der Waals surface area (Å²) >= 11 is 1.66. The molecule has 0 bridgehead atoms. The van der Waals surface area contributed by atoms with Gasteiger partial charge in [-0.15, -0.1) is 11.3 Å². The fourth-order valence-corrected chi connectivity index (χ4v) is 2.63. The molecule has 0 saturated heterocycles. The number of rotatable bonds is 6. The van der Waals surface area contributed by atoms with E-state index in [-0.39, 0.29) is 12.4 Å². The summed E-state index contributed by atoms with van der Waals surface area (Å²) in [6.07, 6.45) is 0. The molecule has 0 amide bonds. The fourth-order valence-electron chi connectivity index (χ4n) is 1.69. The van der Waals surface area contributed by atoms with Crippen molar-refractivity contribution in [2.45, 2.75) is 20.8 Å². The monoisotopic (exact) mass is 241 g/mol. The van der Waals surface area contributed by atoms with Gasteiger partial charge in [0.05, 0.1) is 13.2 Å². The predicted octanol–water partition coefficient (Wildman–Crippen LogP) is 1.86. The van der Waals surface area contributed by atoms with Crippen LogP contribution in [0.5, 0.6) is 0 Å². The van der Waals surface area contributed by atoms with Gasteiger partial charge in [-0.2, -0.15) is 0 Å². The summed E-state index contributed by atoms with van der Waals surface area (Å²) in [6.45, 7) is 7.83. The second kappa shape index (κ2) is 6.13. The highest BCUT2D eigenvalue weighted by molar-refractivity contribution is 7.12. The average molecular weight is 241 g/mol. The number of thiophene rings is 1. The van der Waals surface area contributed by atoms with Crippen LogP contribution in [0.3, 0.4) is 0 Å². The van der Waals surface area contributed by atoms with Crippen molar-refractivity contribution in [1.29, 1.82) is 0 Å². The third-order valence-electron chi connectivity index (χ3n) is 2.57. The Labute approximate surface area is 101 Å². The summed E-state index contributed by atoms with van der Waals surface area (Å²) < 4.78 is 0. The van der Waals surface area contributed by atoms with Crippen molar-refractivity contribution < 1.29 is 9.90 Å². The van der Waals surface area contributed by atoms with E-state index in [1.54, 1.807) is 11.3 Å². The minimum Gasteiger partial charge on any atom is -0.395 e. The first-order valence-electron chi connectivity index (χ1n) is 5.52. The van der Waals surface area contributed by atoms with Gasteiger partial charge in [0, 0.05) is 21.9 Å². The quantitative estimate of drug-likeness (QED) is 0.773. The molecule has 1 aromatic rings. The summed E-state index contributed by atoms with van der Waals surface area (Å²) in [5, 5.41) is 8.86.